The number of hydrogen-bond acceptors (Lipinski definition) is 2. The summed E-state index contributed by atoms with van der Waals surface area (Å²) < 4.78 is 19.2. The molecule has 1 heterocycles. The van der Waals surface area contributed by atoms with Crippen LogP contribution in [0.5, 0.6) is 0 Å². The molecule has 0 saturated carbocycles. The third-order valence-corrected chi connectivity index (χ3v) is 2.71. The molecule has 2 aromatic rings. The van der Waals surface area contributed by atoms with Crippen molar-refractivity contribution in [2.75, 3.05) is 0 Å². The molecular formula is C12H14FNO. The van der Waals surface area contributed by atoms with Gasteiger partial charge in [0.05, 0.1) is 11.9 Å². The molecule has 2 nitrogen and oxygen atoms in total. The number of halogens is 1. The Morgan fingerprint density at radius 3 is 2.73 bits per heavy atom. The average Bonchev–Trinajstić information content (AvgIpc) is 2.63. The van der Waals surface area contributed by atoms with Crippen LogP contribution in [0.4, 0.5) is 4.39 Å². The highest BCUT2D eigenvalue weighted by atomic mass is 19.1. The van der Waals surface area contributed by atoms with Crippen LogP contribution in [0.2, 0.25) is 0 Å². The Morgan fingerprint density at radius 2 is 2.13 bits per heavy atom. The molecule has 3 heteroatoms. The van der Waals surface area contributed by atoms with E-state index in [1.165, 1.54) is 6.07 Å². The van der Waals surface area contributed by atoms with E-state index in [0.717, 1.165) is 17.5 Å². The fourth-order valence-electron chi connectivity index (χ4n) is 1.94. The van der Waals surface area contributed by atoms with Crippen LogP contribution in [0.3, 0.4) is 0 Å². The molecule has 0 aliphatic rings. The molecule has 0 saturated heterocycles. The maximum Gasteiger partial charge on any atom is 0.140 e. The van der Waals surface area contributed by atoms with Crippen molar-refractivity contribution in [3.63, 3.8) is 0 Å². The van der Waals surface area contributed by atoms with Gasteiger partial charge in [0, 0.05) is 5.56 Å². The maximum atomic E-state index is 13.7. The van der Waals surface area contributed by atoms with Crippen molar-refractivity contribution in [2.45, 2.75) is 26.8 Å². The first-order chi connectivity index (χ1) is 7.19. The lowest BCUT2D eigenvalue weighted by Crippen LogP contribution is -1.97. The summed E-state index contributed by atoms with van der Waals surface area (Å²) in [5, 5.41) is 0.595. The van der Waals surface area contributed by atoms with Gasteiger partial charge in [-0.2, -0.15) is 0 Å². The summed E-state index contributed by atoms with van der Waals surface area (Å²) in [6, 6.07) is 3.20. The maximum absolute atomic E-state index is 13.7. The molecule has 1 aromatic carbocycles. The zero-order valence-corrected chi connectivity index (χ0v) is 8.93. The number of nitrogens with two attached hydrogens (primary N) is 1. The molecule has 0 fully saturated rings. The molecule has 0 spiro atoms. The molecule has 0 bridgehead atoms. The van der Waals surface area contributed by atoms with Crippen LogP contribution in [-0.2, 0) is 13.0 Å². The van der Waals surface area contributed by atoms with Crippen LogP contribution in [-0.4, -0.2) is 0 Å². The second-order valence-corrected chi connectivity index (χ2v) is 3.63. The molecule has 0 amide bonds. The predicted molar refractivity (Wildman–Crippen MR) is 58.2 cm³/mol. The van der Waals surface area contributed by atoms with Crippen molar-refractivity contribution in [2.24, 2.45) is 5.73 Å². The molecule has 2 rings (SSSR count). The number of rotatable bonds is 2. The summed E-state index contributed by atoms with van der Waals surface area (Å²) in [4.78, 5) is 0. The Kier molecular flexibility index (Phi) is 2.49. The predicted octanol–water partition coefficient (Wildman–Crippen LogP) is 2.90. The van der Waals surface area contributed by atoms with Crippen molar-refractivity contribution in [1.29, 1.82) is 0 Å². The number of fused-ring (bicyclic) bond motifs is 1. The minimum atomic E-state index is -0.226. The van der Waals surface area contributed by atoms with Gasteiger partial charge in [-0.05, 0) is 25.0 Å². The first-order valence-corrected chi connectivity index (χ1v) is 5.08. The molecule has 0 aliphatic heterocycles. The average molecular weight is 207 g/mol. The highest BCUT2D eigenvalue weighted by molar-refractivity contribution is 5.85. The third-order valence-electron chi connectivity index (χ3n) is 2.71. The summed E-state index contributed by atoms with van der Waals surface area (Å²) in [6.07, 6.45) is 0.736. The first-order valence-electron chi connectivity index (χ1n) is 5.08. The van der Waals surface area contributed by atoms with Crippen LogP contribution in [0.25, 0.3) is 11.0 Å². The molecule has 15 heavy (non-hydrogen) atoms. The lowest BCUT2D eigenvalue weighted by atomic mass is 10.1. The van der Waals surface area contributed by atoms with Crippen LogP contribution in [0, 0.1) is 12.7 Å². The largest absolute Gasteiger partial charge is 0.459 e. The molecule has 2 N–H and O–H groups in total. The highest BCUT2D eigenvalue weighted by Crippen LogP contribution is 2.30. The van der Waals surface area contributed by atoms with Crippen LogP contribution >= 0.6 is 0 Å². The van der Waals surface area contributed by atoms with Gasteiger partial charge in [0.25, 0.3) is 0 Å². The molecule has 0 radical (unpaired) electrons. The standard InChI is InChI=1S/C12H14FNO/c1-3-8-10(6-14)15-12-7(2)4-5-9(13)11(8)12/h4-5H,3,6,14H2,1-2H3. The van der Waals surface area contributed by atoms with Crippen molar-refractivity contribution < 1.29 is 8.81 Å². The fraction of sp³-hybridized carbons (Fsp3) is 0.333. The molecule has 0 atom stereocenters. The van der Waals surface area contributed by atoms with E-state index >= 15 is 0 Å². The number of benzene rings is 1. The SMILES string of the molecule is CCc1c(CN)oc2c(C)ccc(F)c12. The van der Waals surface area contributed by atoms with Crippen molar-refractivity contribution >= 4 is 11.0 Å². The Hall–Kier alpha value is -1.35. The van der Waals surface area contributed by atoms with Crippen molar-refractivity contribution in [1.82, 2.24) is 0 Å². The molecule has 1 aromatic heterocycles. The monoisotopic (exact) mass is 207 g/mol. The zero-order valence-electron chi connectivity index (χ0n) is 8.93. The van der Waals surface area contributed by atoms with Crippen LogP contribution < -0.4 is 5.73 Å². The zero-order chi connectivity index (χ0) is 11.0. The summed E-state index contributed by atoms with van der Waals surface area (Å²) in [5.74, 6) is 0.469. The van der Waals surface area contributed by atoms with E-state index in [2.05, 4.69) is 0 Å². The summed E-state index contributed by atoms with van der Waals surface area (Å²) in [7, 11) is 0. The van der Waals surface area contributed by atoms with E-state index in [0.29, 0.717) is 23.3 Å². The fourth-order valence-corrected chi connectivity index (χ4v) is 1.94. The Balaban J connectivity index is 2.87. The molecular weight excluding hydrogens is 193 g/mol. The van der Waals surface area contributed by atoms with Gasteiger partial charge in [-0.25, -0.2) is 4.39 Å². The molecule has 80 valence electrons. The van der Waals surface area contributed by atoms with E-state index < -0.39 is 0 Å². The Morgan fingerprint density at radius 1 is 1.40 bits per heavy atom. The molecule has 0 aliphatic carbocycles. The second-order valence-electron chi connectivity index (χ2n) is 3.63. The summed E-state index contributed by atoms with van der Waals surface area (Å²) in [6.45, 7) is 4.20. The molecule has 0 unspecified atom stereocenters. The van der Waals surface area contributed by atoms with E-state index in [1.54, 1.807) is 6.07 Å². The number of aryl methyl sites for hydroxylation is 2. The quantitative estimate of drug-likeness (QED) is 0.822. The van der Waals surface area contributed by atoms with Gasteiger partial charge in [0.2, 0.25) is 0 Å². The topological polar surface area (TPSA) is 39.2 Å². The van der Waals surface area contributed by atoms with Crippen LogP contribution in [0.1, 0.15) is 23.8 Å². The smallest absolute Gasteiger partial charge is 0.140 e. The van der Waals surface area contributed by atoms with Gasteiger partial charge in [0.1, 0.15) is 17.2 Å². The van der Waals surface area contributed by atoms with Crippen molar-refractivity contribution in [3.8, 4) is 0 Å². The highest BCUT2D eigenvalue weighted by Gasteiger charge is 2.16. The van der Waals surface area contributed by atoms with Gasteiger partial charge in [-0.3, -0.25) is 0 Å². The van der Waals surface area contributed by atoms with E-state index in [4.69, 9.17) is 10.2 Å². The van der Waals surface area contributed by atoms with Gasteiger partial charge in [-0.1, -0.05) is 13.0 Å². The lowest BCUT2D eigenvalue weighted by Gasteiger charge is -1.97. The lowest BCUT2D eigenvalue weighted by molar-refractivity contribution is 0.544. The van der Waals surface area contributed by atoms with E-state index in [9.17, 15) is 4.39 Å². The normalized spacial score (nSPS) is 11.2. The van der Waals surface area contributed by atoms with E-state index in [-0.39, 0.29) is 5.82 Å². The van der Waals surface area contributed by atoms with Crippen molar-refractivity contribution in [3.05, 3.63) is 34.8 Å². The van der Waals surface area contributed by atoms with Crippen LogP contribution in [0.15, 0.2) is 16.5 Å². The minimum absolute atomic E-state index is 0.226. The summed E-state index contributed by atoms with van der Waals surface area (Å²) >= 11 is 0. The summed E-state index contributed by atoms with van der Waals surface area (Å²) in [5.41, 5.74) is 8.05. The minimum Gasteiger partial charge on any atom is -0.459 e. The Bertz CT molecular complexity index is 502. The van der Waals surface area contributed by atoms with E-state index in [1.807, 2.05) is 13.8 Å². The van der Waals surface area contributed by atoms with Gasteiger partial charge in [-0.15, -0.1) is 0 Å². The van der Waals surface area contributed by atoms with Gasteiger partial charge < -0.3 is 10.2 Å². The third kappa shape index (κ3) is 1.43. The Labute approximate surface area is 87.9 Å². The number of furan rings is 1. The van der Waals surface area contributed by atoms with Gasteiger partial charge in [0.15, 0.2) is 0 Å². The second kappa shape index (κ2) is 3.66. The first kappa shape index (κ1) is 10.2. The van der Waals surface area contributed by atoms with Gasteiger partial charge >= 0.3 is 0 Å². The number of hydrogen-bond donors (Lipinski definition) is 1.